The van der Waals surface area contributed by atoms with E-state index in [4.69, 9.17) is 0 Å². The molecule has 1 aromatic carbocycles. The van der Waals surface area contributed by atoms with E-state index in [1.54, 1.807) is 4.90 Å². The lowest BCUT2D eigenvalue weighted by atomic mass is 10.0. The Morgan fingerprint density at radius 2 is 1.75 bits per heavy atom. The first-order chi connectivity index (χ1) is 11.4. The van der Waals surface area contributed by atoms with Gasteiger partial charge in [-0.1, -0.05) is 18.6 Å². The van der Waals surface area contributed by atoms with E-state index in [-0.39, 0.29) is 24.4 Å². The van der Waals surface area contributed by atoms with Crippen molar-refractivity contribution in [2.24, 2.45) is 17.8 Å². The van der Waals surface area contributed by atoms with E-state index in [0.29, 0.717) is 23.8 Å². The monoisotopic (exact) mass is 339 g/mol. The van der Waals surface area contributed by atoms with E-state index in [9.17, 15) is 23.1 Å². The smallest absolute Gasteiger partial charge is 0.391 e. The van der Waals surface area contributed by atoms with E-state index in [1.165, 1.54) is 18.6 Å². The van der Waals surface area contributed by atoms with Crippen molar-refractivity contribution in [1.82, 2.24) is 4.90 Å². The maximum absolute atomic E-state index is 12.8. The Morgan fingerprint density at radius 3 is 2.33 bits per heavy atom. The van der Waals surface area contributed by atoms with Crippen LogP contribution in [0.4, 0.5) is 13.2 Å². The molecule has 1 N–H and O–H groups in total. The van der Waals surface area contributed by atoms with E-state index >= 15 is 0 Å². The second-order valence-corrected chi connectivity index (χ2v) is 7.30. The highest BCUT2D eigenvalue weighted by Gasteiger charge is 2.58. The van der Waals surface area contributed by atoms with Crippen LogP contribution in [0.2, 0.25) is 0 Å². The van der Waals surface area contributed by atoms with Crippen LogP contribution in [0.3, 0.4) is 0 Å². The maximum atomic E-state index is 12.8. The minimum atomic E-state index is -4.37. The van der Waals surface area contributed by atoms with Crippen LogP contribution in [0.15, 0.2) is 24.3 Å². The molecule has 4 rings (SSSR count). The third-order valence-electron chi connectivity index (χ3n) is 5.88. The first-order valence-corrected chi connectivity index (χ1v) is 8.52. The van der Waals surface area contributed by atoms with Gasteiger partial charge in [-0.2, -0.15) is 13.2 Å². The summed E-state index contributed by atoms with van der Waals surface area (Å²) < 4.78 is 38.1. The molecule has 0 aromatic heterocycles. The van der Waals surface area contributed by atoms with Gasteiger partial charge < -0.3 is 10.0 Å². The molecule has 2 aliphatic carbocycles. The molecule has 0 radical (unpaired) electrons. The highest BCUT2D eigenvalue weighted by Crippen LogP contribution is 2.58. The summed E-state index contributed by atoms with van der Waals surface area (Å²) >= 11 is 0. The van der Waals surface area contributed by atoms with Gasteiger partial charge in [0.2, 0.25) is 5.91 Å². The summed E-state index contributed by atoms with van der Waals surface area (Å²) in [6.45, 7) is 0.278. The van der Waals surface area contributed by atoms with Gasteiger partial charge in [0.25, 0.3) is 0 Å². The van der Waals surface area contributed by atoms with Crippen molar-refractivity contribution in [2.75, 3.05) is 6.54 Å². The lowest BCUT2D eigenvalue weighted by Crippen LogP contribution is -2.34. The average Bonchev–Trinajstić information content (AvgIpc) is 2.87. The predicted molar refractivity (Wildman–Crippen MR) is 80.8 cm³/mol. The Balaban J connectivity index is 1.53. The zero-order valence-electron chi connectivity index (χ0n) is 13.2. The quantitative estimate of drug-likeness (QED) is 0.897. The minimum Gasteiger partial charge on any atom is -0.391 e. The van der Waals surface area contributed by atoms with Crippen LogP contribution in [0.5, 0.6) is 0 Å². The van der Waals surface area contributed by atoms with Gasteiger partial charge in [0.05, 0.1) is 17.7 Å². The zero-order valence-corrected chi connectivity index (χ0v) is 13.2. The lowest BCUT2D eigenvalue weighted by Gasteiger charge is -2.26. The van der Waals surface area contributed by atoms with Gasteiger partial charge in [-0.05, 0) is 48.8 Å². The summed E-state index contributed by atoms with van der Waals surface area (Å²) in [4.78, 5) is 14.5. The fourth-order valence-electron chi connectivity index (χ4n) is 4.65. The van der Waals surface area contributed by atoms with Crippen molar-refractivity contribution in [3.8, 4) is 0 Å². The van der Waals surface area contributed by atoms with Gasteiger partial charge in [0, 0.05) is 12.5 Å². The molecule has 1 heterocycles. The molecule has 1 aliphatic heterocycles. The zero-order chi connectivity index (χ0) is 17.1. The van der Waals surface area contributed by atoms with Crippen molar-refractivity contribution >= 4 is 5.91 Å². The van der Waals surface area contributed by atoms with Crippen molar-refractivity contribution in [3.63, 3.8) is 0 Å². The normalized spacial score (nSPS) is 35.2. The van der Waals surface area contributed by atoms with Crippen molar-refractivity contribution in [2.45, 2.75) is 44.0 Å². The summed E-state index contributed by atoms with van der Waals surface area (Å²) in [5.41, 5.74) is -0.0295. The number of carbonyl (C=O) groups excluding carboxylic acids is 1. The molecular formula is C18H20F3NO2. The number of nitrogens with zero attached hydrogens (tertiary/aromatic N) is 1. The standard InChI is InChI=1S/C18H20F3NO2/c19-18(20,21)11-6-4-10(5-7-11)15-8-12(23)9-22(15)17(24)16-13-2-1-3-14(13)16/h4-7,12-16,23H,1-3,8-9H2/t12-,13-,14+,15-,16?/m1/s1. The van der Waals surface area contributed by atoms with Gasteiger partial charge >= 0.3 is 6.18 Å². The molecule has 1 saturated heterocycles. The van der Waals surface area contributed by atoms with Crippen LogP contribution in [0.1, 0.15) is 42.9 Å². The van der Waals surface area contributed by atoms with Gasteiger partial charge in [0.1, 0.15) is 0 Å². The summed E-state index contributed by atoms with van der Waals surface area (Å²) in [6.07, 6.45) is -1.21. The van der Waals surface area contributed by atoms with Crippen LogP contribution in [-0.4, -0.2) is 28.6 Å². The molecule has 1 unspecified atom stereocenters. The lowest BCUT2D eigenvalue weighted by molar-refractivity contribution is -0.138. The molecule has 1 aromatic rings. The highest BCUT2D eigenvalue weighted by molar-refractivity contribution is 5.83. The fourth-order valence-corrected chi connectivity index (χ4v) is 4.65. The minimum absolute atomic E-state index is 0.0704. The largest absolute Gasteiger partial charge is 0.416 e. The molecule has 0 bridgehead atoms. The van der Waals surface area contributed by atoms with Gasteiger partial charge in [-0.25, -0.2) is 0 Å². The van der Waals surface area contributed by atoms with Crippen LogP contribution < -0.4 is 0 Å². The Hall–Kier alpha value is -1.56. The maximum Gasteiger partial charge on any atom is 0.416 e. The molecule has 3 fully saturated rings. The predicted octanol–water partition coefficient (Wildman–Crippen LogP) is 3.39. The number of likely N-dealkylation sites (tertiary alicyclic amines) is 1. The second kappa shape index (κ2) is 5.48. The Kier molecular flexibility index (Phi) is 3.64. The number of amides is 1. The third kappa shape index (κ3) is 2.61. The molecule has 130 valence electrons. The van der Waals surface area contributed by atoms with Gasteiger partial charge in [-0.3, -0.25) is 4.79 Å². The Labute approximate surface area is 138 Å². The summed E-state index contributed by atoms with van der Waals surface area (Å²) in [5.74, 6) is 1.12. The van der Waals surface area contributed by atoms with Crippen molar-refractivity contribution in [1.29, 1.82) is 0 Å². The van der Waals surface area contributed by atoms with E-state index in [1.807, 2.05) is 0 Å². The SMILES string of the molecule is O=C(C1[C@H]2CCC[C@@H]12)N1C[C@H](O)C[C@@H]1c1ccc(C(F)(F)F)cc1. The molecule has 3 aliphatic rings. The molecule has 6 heteroatoms. The summed E-state index contributed by atoms with van der Waals surface area (Å²) in [7, 11) is 0. The number of hydrogen-bond donors (Lipinski definition) is 1. The first kappa shape index (κ1) is 15.9. The van der Waals surface area contributed by atoms with Gasteiger partial charge in [-0.15, -0.1) is 0 Å². The molecule has 5 atom stereocenters. The summed E-state index contributed by atoms with van der Waals surface area (Å²) in [5, 5.41) is 10.00. The van der Waals surface area contributed by atoms with Crippen molar-refractivity contribution in [3.05, 3.63) is 35.4 Å². The van der Waals surface area contributed by atoms with Crippen LogP contribution >= 0.6 is 0 Å². The third-order valence-corrected chi connectivity index (χ3v) is 5.88. The highest BCUT2D eigenvalue weighted by atomic mass is 19.4. The average molecular weight is 339 g/mol. The molecule has 1 amide bonds. The van der Waals surface area contributed by atoms with Crippen LogP contribution in [0.25, 0.3) is 0 Å². The number of fused-ring (bicyclic) bond motifs is 1. The number of alkyl halides is 3. The Morgan fingerprint density at radius 1 is 1.12 bits per heavy atom. The van der Waals surface area contributed by atoms with E-state index in [0.717, 1.165) is 25.0 Å². The molecule has 2 saturated carbocycles. The topological polar surface area (TPSA) is 40.5 Å². The summed E-state index contributed by atoms with van der Waals surface area (Å²) in [6, 6.07) is 4.64. The fraction of sp³-hybridized carbons (Fsp3) is 0.611. The van der Waals surface area contributed by atoms with E-state index in [2.05, 4.69) is 0 Å². The Bertz CT molecular complexity index is 633. The number of aliphatic hydroxyl groups excluding tert-OH is 1. The number of benzene rings is 1. The van der Waals surface area contributed by atoms with Crippen molar-refractivity contribution < 1.29 is 23.1 Å². The number of hydrogen-bond acceptors (Lipinski definition) is 2. The molecule has 3 nitrogen and oxygen atoms in total. The van der Waals surface area contributed by atoms with E-state index < -0.39 is 17.8 Å². The number of β-amino-alcohol motifs (C(OH)–C–C–N with tert-alkyl or cyclic N) is 1. The number of rotatable bonds is 2. The van der Waals surface area contributed by atoms with Crippen LogP contribution in [-0.2, 0) is 11.0 Å². The molecular weight excluding hydrogens is 319 g/mol. The first-order valence-electron chi connectivity index (χ1n) is 8.52. The molecule has 24 heavy (non-hydrogen) atoms. The van der Waals surface area contributed by atoms with Gasteiger partial charge in [0.15, 0.2) is 0 Å². The number of halogens is 3. The number of aliphatic hydroxyl groups is 1. The second-order valence-electron chi connectivity index (χ2n) is 7.30. The number of carbonyl (C=O) groups is 1. The molecule has 0 spiro atoms. The van der Waals surface area contributed by atoms with Crippen LogP contribution in [0, 0.1) is 17.8 Å².